The monoisotopic (exact) mass is 321 g/mol. The lowest BCUT2D eigenvalue weighted by molar-refractivity contribution is 0.270. The summed E-state index contributed by atoms with van der Waals surface area (Å²) >= 11 is 0. The fourth-order valence-electron chi connectivity index (χ4n) is 2.34. The van der Waals surface area contributed by atoms with Gasteiger partial charge >= 0.3 is 0 Å². The van der Waals surface area contributed by atoms with Crippen LogP contribution in [-0.2, 0) is 6.54 Å². The van der Waals surface area contributed by atoms with Gasteiger partial charge in [0.25, 0.3) is 0 Å². The lowest BCUT2D eigenvalue weighted by Crippen LogP contribution is -2.07. The SMILES string of the molecule is CC(C)c1ccc(/C=C(/C#N)c2nn(CCO)c(N)c2C#N)cc1. The third-order valence-corrected chi connectivity index (χ3v) is 3.71. The number of nitrogen functional groups attached to an aromatic ring is 1. The number of aromatic nitrogens is 2. The van der Waals surface area contributed by atoms with E-state index in [2.05, 4.69) is 25.0 Å². The van der Waals surface area contributed by atoms with E-state index in [1.165, 1.54) is 10.2 Å². The van der Waals surface area contributed by atoms with Crippen molar-refractivity contribution >= 4 is 17.5 Å². The summed E-state index contributed by atoms with van der Waals surface area (Å²) in [5.41, 5.74) is 8.56. The van der Waals surface area contributed by atoms with E-state index >= 15 is 0 Å². The number of hydrogen-bond acceptors (Lipinski definition) is 5. The van der Waals surface area contributed by atoms with Gasteiger partial charge in [0.05, 0.1) is 18.7 Å². The standard InChI is InChI=1S/C18H19N5O/c1-12(2)14-5-3-13(4-6-14)9-15(10-19)17-16(11-20)18(21)23(22-17)7-8-24/h3-6,9,12,24H,7-8,21H2,1-2H3/b15-9-. The second kappa shape index (κ2) is 7.45. The lowest BCUT2D eigenvalue weighted by Gasteiger charge is -2.05. The van der Waals surface area contributed by atoms with E-state index < -0.39 is 0 Å². The van der Waals surface area contributed by atoms with Gasteiger partial charge in [-0.3, -0.25) is 0 Å². The van der Waals surface area contributed by atoms with Crippen molar-refractivity contribution in [3.8, 4) is 12.1 Å². The van der Waals surface area contributed by atoms with E-state index in [1.807, 2.05) is 30.3 Å². The number of benzene rings is 1. The fraction of sp³-hybridized carbons (Fsp3) is 0.278. The minimum Gasteiger partial charge on any atom is -0.394 e. The van der Waals surface area contributed by atoms with Crippen molar-refractivity contribution in [1.29, 1.82) is 10.5 Å². The third kappa shape index (κ3) is 3.45. The van der Waals surface area contributed by atoms with Gasteiger partial charge in [-0.2, -0.15) is 15.6 Å². The highest BCUT2D eigenvalue weighted by Crippen LogP contribution is 2.25. The van der Waals surface area contributed by atoms with Crippen LogP contribution in [0.4, 0.5) is 5.82 Å². The topological polar surface area (TPSA) is 112 Å². The molecule has 0 spiro atoms. The molecule has 6 heteroatoms. The Bertz CT molecular complexity index is 832. The van der Waals surface area contributed by atoms with Crippen LogP contribution in [0.5, 0.6) is 0 Å². The minimum atomic E-state index is -0.154. The van der Waals surface area contributed by atoms with Crippen molar-refractivity contribution in [3.05, 3.63) is 46.6 Å². The van der Waals surface area contributed by atoms with Crippen molar-refractivity contribution in [2.75, 3.05) is 12.3 Å². The summed E-state index contributed by atoms with van der Waals surface area (Å²) in [5, 5.41) is 32.0. The zero-order valence-corrected chi connectivity index (χ0v) is 13.7. The summed E-state index contributed by atoms with van der Waals surface area (Å²) in [6.07, 6.45) is 1.68. The first-order valence-electron chi connectivity index (χ1n) is 7.61. The number of aliphatic hydroxyl groups excluding tert-OH is 1. The van der Waals surface area contributed by atoms with Crippen LogP contribution < -0.4 is 5.73 Å². The molecule has 0 radical (unpaired) electrons. The Hall–Kier alpha value is -3.09. The first-order chi connectivity index (χ1) is 11.5. The predicted octanol–water partition coefficient (Wildman–Crippen LogP) is 2.52. The van der Waals surface area contributed by atoms with Crippen LogP contribution in [0.15, 0.2) is 24.3 Å². The summed E-state index contributed by atoms with van der Waals surface area (Å²) < 4.78 is 1.33. The molecule has 0 fully saturated rings. The lowest BCUT2D eigenvalue weighted by atomic mass is 10.0. The number of aliphatic hydroxyl groups is 1. The molecular weight excluding hydrogens is 302 g/mol. The second-order valence-electron chi connectivity index (χ2n) is 5.66. The number of rotatable bonds is 5. The van der Waals surface area contributed by atoms with Crippen molar-refractivity contribution in [2.24, 2.45) is 0 Å². The third-order valence-electron chi connectivity index (χ3n) is 3.71. The van der Waals surface area contributed by atoms with Crippen LogP contribution in [0.25, 0.3) is 11.6 Å². The zero-order valence-electron chi connectivity index (χ0n) is 13.7. The molecule has 3 N–H and O–H groups in total. The molecule has 2 aromatic rings. The maximum Gasteiger partial charge on any atom is 0.140 e. The van der Waals surface area contributed by atoms with E-state index in [0.717, 1.165) is 5.56 Å². The van der Waals surface area contributed by atoms with Crippen LogP contribution >= 0.6 is 0 Å². The van der Waals surface area contributed by atoms with Crippen LogP contribution in [0.1, 0.15) is 42.1 Å². The minimum absolute atomic E-state index is 0.148. The number of nitriles is 2. The number of nitrogens with two attached hydrogens (primary N) is 1. The molecule has 2 rings (SSSR count). The van der Waals surface area contributed by atoms with Gasteiger partial charge in [0.2, 0.25) is 0 Å². The molecule has 1 aromatic carbocycles. The van der Waals surface area contributed by atoms with Crippen LogP contribution in [0.2, 0.25) is 0 Å². The molecule has 1 heterocycles. The Kier molecular flexibility index (Phi) is 5.36. The first kappa shape index (κ1) is 17.3. The highest BCUT2D eigenvalue weighted by atomic mass is 16.3. The predicted molar refractivity (Wildman–Crippen MR) is 92.5 cm³/mol. The summed E-state index contributed by atoms with van der Waals surface area (Å²) in [7, 11) is 0. The molecule has 0 unspecified atom stereocenters. The quantitative estimate of drug-likeness (QED) is 0.822. The Labute approximate surface area is 141 Å². The molecule has 0 atom stereocenters. The Morgan fingerprint density at radius 2 is 2.00 bits per heavy atom. The zero-order chi connectivity index (χ0) is 17.7. The molecule has 0 saturated carbocycles. The average molecular weight is 321 g/mol. The highest BCUT2D eigenvalue weighted by molar-refractivity contribution is 5.91. The number of nitrogens with zero attached hydrogens (tertiary/aromatic N) is 4. The average Bonchev–Trinajstić information content (AvgIpc) is 2.89. The van der Waals surface area contributed by atoms with Crippen LogP contribution in [0, 0.1) is 22.7 Å². The smallest absolute Gasteiger partial charge is 0.140 e. The van der Waals surface area contributed by atoms with Crippen LogP contribution in [-0.4, -0.2) is 21.5 Å². The van der Waals surface area contributed by atoms with Gasteiger partial charge in [0, 0.05) is 0 Å². The molecule has 1 aromatic heterocycles. The van der Waals surface area contributed by atoms with Gasteiger partial charge < -0.3 is 10.8 Å². The number of allylic oxidation sites excluding steroid dienone is 1. The molecule has 0 saturated heterocycles. The van der Waals surface area contributed by atoms with E-state index in [4.69, 9.17) is 10.8 Å². The van der Waals surface area contributed by atoms with Crippen molar-refractivity contribution in [2.45, 2.75) is 26.3 Å². The molecular formula is C18H19N5O. The van der Waals surface area contributed by atoms with Crippen LogP contribution in [0.3, 0.4) is 0 Å². The Morgan fingerprint density at radius 3 is 2.50 bits per heavy atom. The van der Waals surface area contributed by atoms with Gasteiger partial charge in [0.1, 0.15) is 29.2 Å². The Morgan fingerprint density at radius 1 is 1.33 bits per heavy atom. The summed E-state index contributed by atoms with van der Waals surface area (Å²) in [6, 6.07) is 11.9. The largest absolute Gasteiger partial charge is 0.394 e. The molecule has 24 heavy (non-hydrogen) atoms. The van der Waals surface area contributed by atoms with E-state index in [1.54, 1.807) is 6.08 Å². The summed E-state index contributed by atoms with van der Waals surface area (Å²) in [6.45, 7) is 4.24. The summed E-state index contributed by atoms with van der Waals surface area (Å²) in [5.74, 6) is 0.579. The van der Waals surface area contributed by atoms with Gasteiger partial charge in [0.15, 0.2) is 0 Å². The van der Waals surface area contributed by atoms with Gasteiger partial charge in [-0.25, -0.2) is 4.68 Å². The van der Waals surface area contributed by atoms with Gasteiger partial charge in [-0.05, 0) is 23.1 Å². The molecule has 6 nitrogen and oxygen atoms in total. The second-order valence-corrected chi connectivity index (χ2v) is 5.66. The highest BCUT2D eigenvalue weighted by Gasteiger charge is 2.18. The van der Waals surface area contributed by atoms with Gasteiger partial charge in [-0.15, -0.1) is 0 Å². The van der Waals surface area contributed by atoms with E-state index in [9.17, 15) is 10.5 Å². The van der Waals surface area contributed by atoms with Crippen molar-refractivity contribution in [3.63, 3.8) is 0 Å². The van der Waals surface area contributed by atoms with Crippen molar-refractivity contribution in [1.82, 2.24) is 9.78 Å². The Balaban J connectivity index is 2.47. The van der Waals surface area contributed by atoms with E-state index in [0.29, 0.717) is 5.92 Å². The molecule has 0 aliphatic carbocycles. The number of anilines is 1. The molecule has 122 valence electrons. The first-order valence-corrected chi connectivity index (χ1v) is 7.61. The maximum absolute atomic E-state index is 9.47. The normalized spacial score (nSPS) is 11.3. The maximum atomic E-state index is 9.47. The van der Waals surface area contributed by atoms with Gasteiger partial charge in [-0.1, -0.05) is 38.1 Å². The van der Waals surface area contributed by atoms with Crippen molar-refractivity contribution < 1.29 is 5.11 Å². The number of hydrogen-bond donors (Lipinski definition) is 2. The molecule has 0 aliphatic rings. The fourth-order valence-corrected chi connectivity index (χ4v) is 2.34. The molecule has 0 bridgehead atoms. The molecule has 0 aliphatic heterocycles. The summed E-state index contributed by atoms with van der Waals surface area (Å²) in [4.78, 5) is 0. The van der Waals surface area contributed by atoms with E-state index in [-0.39, 0.29) is 35.8 Å². The molecule has 0 amide bonds.